The van der Waals surface area contributed by atoms with E-state index < -0.39 is 17.5 Å². The Morgan fingerprint density at radius 3 is 2.44 bits per heavy atom. The quantitative estimate of drug-likeness (QED) is 0.836. The van der Waals surface area contributed by atoms with Gasteiger partial charge in [0.25, 0.3) is 0 Å². The normalized spacial score (nSPS) is 24.5. The second-order valence-corrected chi connectivity index (χ2v) is 5.10. The van der Waals surface area contributed by atoms with Crippen LogP contribution in [-0.2, 0) is 0 Å². The summed E-state index contributed by atoms with van der Waals surface area (Å²) < 4.78 is 39.3. The molecule has 1 heterocycles. The van der Waals surface area contributed by atoms with Crippen LogP contribution in [-0.4, -0.2) is 30.1 Å². The summed E-state index contributed by atoms with van der Waals surface area (Å²) in [5, 5.41) is 2.97. The zero-order chi connectivity index (χ0) is 12.7. The van der Waals surface area contributed by atoms with Gasteiger partial charge in [-0.25, -0.2) is 13.2 Å². The summed E-state index contributed by atoms with van der Waals surface area (Å²) in [7, 11) is 0. The van der Waals surface area contributed by atoms with E-state index in [0.717, 1.165) is 25.6 Å². The van der Waals surface area contributed by atoms with E-state index in [1.165, 1.54) is 12.8 Å². The number of rotatable bonds is 3. The second-order valence-electron chi connectivity index (χ2n) is 5.10. The van der Waals surface area contributed by atoms with Crippen molar-refractivity contribution in [3.8, 4) is 0 Å². The molecular weight excluding hydrogens is 241 g/mol. The Labute approximate surface area is 104 Å². The standard InChI is InChI=1S/C13H15F3N2/c14-10-5-12(16)13(6-11(10)15)17-8-3-4-18(7-8)9-1-2-9/h5-6,8-9,17H,1-4,7H2. The molecule has 1 saturated carbocycles. The van der Waals surface area contributed by atoms with E-state index in [0.29, 0.717) is 12.1 Å². The lowest BCUT2D eigenvalue weighted by Crippen LogP contribution is -2.28. The van der Waals surface area contributed by atoms with E-state index in [4.69, 9.17) is 0 Å². The molecule has 0 spiro atoms. The summed E-state index contributed by atoms with van der Waals surface area (Å²) in [5.74, 6) is -2.90. The molecule has 0 bridgehead atoms. The lowest BCUT2D eigenvalue weighted by atomic mass is 10.2. The molecule has 1 aromatic rings. The van der Waals surface area contributed by atoms with Crippen molar-refractivity contribution in [1.82, 2.24) is 4.90 Å². The van der Waals surface area contributed by atoms with Crippen LogP contribution in [0, 0.1) is 17.5 Å². The van der Waals surface area contributed by atoms with Gasteiger partial charge in [-0.3, -0.25) is 4.90 Å². The lowest BCUT2D eigenvalue weighted by molar-refractivity contribution is 0.326. The zero-order valence-electron chi connectivity index (χ0n) is 9.93. The molecule has 0 radical (unpaired) electrons. The van der Waals surface area contributed by atoms with Crippen LogP contribution in [0.25, 0.3) is 0 Å². The summed E-state index contributed by atoms with van der Waals surface area (Å²) >= 11 is 0. The molecule has 1 aliphatic carbocycles. The minimum Gasteiger partial charge on any atom is -0.379 e. The van der Waals surface area contributed by atoms with Gasteiger partial charge in [0.05, 0.1) is 5.69 Å². The molecule has 2 nitrogen and oxygen atoms in total. The van der Waals surface area contributed by atoms with Crippen LogP contribution in [0.15, 0.2) is 12.1 Å². The number of halogens is 3. The third-order valence-electron chi connectivity index (χ3n) is 3.65. The van der Waals surface area contributed by atoms with Crippen LogP contribution in [0.1, 0.15) is 19.3 Å². The van der Waals surface area contributed by atoms with Gasteiger partial charge in [-0.05, 0) is 19.3 Å². The van der Waals surface area contributed by atoms with Crippen molar-refractivity contribution in [2.45, 2.75) is 31.3 Å². The molecule has 0 amide bonds. The van der Waals surface area contributed by atoms with Crippen LogP contribution in [0.3, 0.4) is 0 Å². The number of hydrogen-bond acceptors (Lipinski definition) is 2. The van der Waals surface area contributed by atoms with Crippen LogP contribution >= 0.6 is 0 Å². The highest BCUT2D eigenvalue weighted by molar-refractivity contribution is 5.46. The van der Waals surface area contributed by atoms with Gasteiger partial charge in [0.1, 0.15) is 5.82 Å². The number of likely N-dealkylation sites (tertiary alicyclic amines) is 1. The Morgan fingerprint density at radius 1 is 1.00 bits per heavy atom. The lowest BCUT2D eigenvalue weighted by Gasteiger charge is -2.17. The molecule has 1 atom stereocenters. The third kappa shape index (κ3) is 2.32. The molecular formula is C13H15F3N2. The predicted octanol–water partition coefficient (Wildman–Crippen LogP) is 2.75. The molecule has 1 aliphatic heterocycles. The van der Waals surface area contributed by atoms with E-state index in [1.807, 2.05) is 0 Å². The molecule has 98 valence electrons. The van der Waals surface area contributed by atoms with Crippen LogP contribution < -0.4 is 5.32 Å². The van der Waals surface area contributed by atoms with Crippen molar-refractivity contribution in [2.24, 2.45) is 0 Å². The fourth-order valence-corrected chi connectivity index (χ4v) is 2.53. The van der Waals surface area contributed by atoms with E-state index >= 15 is 0 Å². The second kappa shape index (κ2) is 4.46. The fourth-order valence-electron chi connectivity index (χ4n) is 2.53. The first kappa shape index (κ1) is 11.8. The minimum absolute atomic E-state index is 0.0524. The van der Waals surface area contributed by atoms with E-state index in [9.17, 15) is 13.2 Å². The van der Waals surface area contributed by atoms with Gasteiger partial charge >= 0.3 is 0 Å². The Bertz CT molecular complexity index is 460. The Hall–Kier alpha value is -1.23. The molecule has 1 saturated heterocycles. The van der Waals surface area contributed by atoms with Crippen molar-refractivity contribution in [3.05, 3.63) is 29.6 Å². The van der Waals surface area contributed by atoms with Gasteiger partial charge < -0.3 is 5.32 Å². The summed E-state index contributed by atoms with van der Waals surface area (Å²) in [5.41, 5.74) is 0.0524. The Balaban J connectivity index is 1.67. The zero-order valence-corrected chi connectivity index (χ0v) is 9.93. The van der Waals surface area contributed by atoms with Gasteiger partial charge in [0.2, 0.25) is 0 Å². The largest absolute Gasteiger partial charge is 0.379 e. The fraction of sp³-hybridized carbons (Fsp3) is 0.538. The number of nitrogens with one attached hydrogen (secondary N) is 1. The van der Waals surface area contributed by atoms with Crippen molar-refractivity contribution in [1.29, 1.82) is 0 Å². The summed E-state index contributed by atoms with van der Waals surface area (Å²) in [4.78, 5) is 2.37. The number of benzene rings is 1. The minimum atomic E-state index is -1.15. The maximum Gasteiger partial charge on any atom is 0.161 e. The first-order chi connectivity index (χ1) is 8.63. The van der Waals surface area contributed by atoms with Crippen LogP contribution in [0.5, 0.6) is 0 Å². The molecule has 1 N–H and O–H groups in total. The number of anilines is 1. The van der Waals surface area contributed by atoms with Crippen LogP contribution in [0.4, 0.5) is 18.9 Å². The highest BCUT2D eigenvalue weighted by atomic mass is 19.2. The topological polar surface area (TPSA) is 15.3 Å². The summed E-state index contributed by atoms with van der Waals surface area (Å²) in [6.07, 6.45) is 3.40. The van der Waals surface area contributed by atoms with E-state index in [-0.39, 0.29) is 11.7 Å². The highest BCUT2D eigenvalue weighted by Gasteiger charge is 2.34. The van der Waals surface area contributed by atoms with E-state index in [2.05, 4.69) is 10.2 Å². The van der Waals surface area contributed by atoms with Gasteiger partial charge in [0, 0.05) is 37.3 Å². The molecule has 0 aromatic heterocycles. The molecule has 18 heavy (non-hydrogen) atoms. The van der Waals surface area contributed by atoms with Crippen molar-refractivity contribution in [2.75, 3.05) is 18.4 Å². The summed E-state index contributed by atoms with van der Waals surface area (Å²) in [6, 6.07) is 2.28. The SMILES string of the molecule is Fc1cc(F)c(NC2CCN(C3CC3)C2)cc1F. The Morgan fingerprint density at radius 2 is 1.72 bits per heavy atom. The van der Waals surface area contributed by atoms with Crippen molar-refractivity contribution in [3.63, 3.8) is 0 Å². The Kier molecular flexibility index (Phi) is 2.93. The molecule has 3 rings (SSSR count). The molecule has 2 aliphatic rings. The first-order valence-electron chi connectivity index (χ1n) is 6.28. The smallest absolute Gasteiger partial charge is 0.161 e. The van der Waals surface area contributed by atoms with Crippen molar-refractivity contribution < 1.29 is 13.2 Å². The maximum absolute atomic E-state index is 13.5. The number of nitrogens with zero attached hydrogens (tertiary/aromatic N) is 1. The van der Waals surface area contributed by atoms with Gasteiger partial charge in [-0.2, -0.15) is 0 Å². The highest BCUT2D eigenvalue weighted by Crippen LogP contribution is 2.31. The van der Waals surface area contributed by atoms with Gasteiger partial charge in [-0.1, -0.05) is 0 Å². The predicted molar refractivity (Wildman–Crippen MR) is 62.9 cm³/mol. The molecule has 1 unspecified atom stereocenters. The number of hydrogen-bond donors (Lipinski definition) is 1. The average molecular weight is 256 g/mol. The molecule has 2 fully saturated rings. The average Bonchev–Trinajstić information content (AvgIpc) is 3.07. The third-order valence-corrected chi connectivity index (χ3v) is 3.65. The van der Waals surface area contributed by atoms with Crippen LogP contribution in [0.2, 0.25) is 0 Å². The van der Waals surface area contributed by atoms with E-state index in [1.54, 1.807) is 0 Å². The van der Waals surface area contributed by atoms with Gasteiger partial charge in [-0.15, -0.1) is 0 Å². The molecule has 1 aromatic carbocycles. The van der Waals surface area contributed by atoms with Crippen molar-refractivity contribution >= 4 is 5.69 Å². The first-order valence-corrected chi connectivity index (χ1v) is 6.28. The molecule has 5 heteroatoms. The maximum atomic E-state index is 13.5. The van der Waals surface area contributed by atoms with Gasteiger partial charge in [0.15, 0.2) is 11.6 Å². The summed E-state index contributed by atoms with van der Waals surface area (Å²) in [6.45, 7) is 1.84. The monoisotopic (exact) mass is 256 g/mol.